The number of nitrogens with zero attached hydrogens (tertiary/aromatic N) is 2. The fraction of sp³-hybridized carbons (Fsp3) is 0.636. The summed E-state index contributed by atoms with van der Waals surface area (Å²) in [7, 11) is 0. The van der Waals surface area contributed by atoms with Crippen LogP contribution in [0.3, 0.4) is 0 Å². The van der Waals surface area contributed by atoms with Crippen molar-refractivity contribution in [3.05, 3.63) is 17.5 Å². The van der Waals surface area contributed by atoms with Crippen molar-refractivity contribution in [3.63, 3.8) is 0 Å². The molecular weight excluding hydrogens is 192 g/mol. The van der Waals surface area contributed by atoms with Gasteiger partial charge in [-0.05, 0) is 33.3 Å². The molecule has 0 fully saturated rings. The van der Waals surface area contributed by atoms with Gasteiger partial charge in [0.05, 0.1) is 5.54 Å². The second-order valence-electron chi connectivity index (χ2n) is 4.66. The molecule has 1 rings (SSSR count). The van der Waals surface area contributed by atoms with Gasteiger partial charge in [0, 0.05) is 5.69 Å². The number of carbonyl (C=O) groups is 1. The van der Waals surface area contributed by atoms with Gasteiger partial charge in [-0.25, -0.2) is 4.79 Å². The van der Waals surface area contributed by atoms with Crippen molar-refractivity contribution >= 4 is 5.97 Å². The Morgan fingerprint density at radius 2 is 2.13 bits per heavy atom. The summed E-state index contributed by atoms with van der Waals surface area (Å²) in [5, 5.41) is 13.0. The van der Waals surface area contributed by atoms with Crippen LogP contribution in [0.4, 0.5) is 0 Å². The largest absolute Gasteiger partial charge is 0.476 e. The summed E-state index contributed by atoms with van der Waals surface area (Å²) in [5.41, 5.74) is 0.953. The number of aromatic nitrogens is 2. The van der Waals surface area contributed by atoms with Gasteiger partial charge in [0.1, 0.15) is 0 Å². The van der Waals surface area contributed by atoms with Gasteiger partial charge in [-0.15, -0.1) is 0 Å². The maximum atomic E-state index is 10.8. The third kappa shape index (κ3) is 2.58. The summed E-state index contributed by atoms with van der Waals surface area (Å²) in [6.45, 7) is 8.13. The van der Waals surface area contributed by atoms with Gasteiger partial charge in [-0.1, -0.05) is 13.3 Å². The minimum atomic E-state index is -0.963. The van der Waals surface area contributed by atoms with Gasteiger partial charge >= 0.3 is 5.97 Å². The lowest BCUT2D eigenvalue weighted by Gasteiger charge is -2.22. The summed E-state index contributed by atoms with van der Waals surface area (Å²) in [6, 6.07) is 1.66. The van der Waals surface area contributed by atoms with Gasteiger partial charge in [0.2, 0.25) is 0 Å². The Morgan fingerprint density at radius 3 is 2.53 bits per heavy atom. The molecule has 1 N–H and O–H groups in total. The van der Waals surface area contributed by atoms with E-state index in [2.05, 4.69) is 12.0 Å². The zero-order chi connectivity index (χ0) is 11.6. The van der Waals surface area contributed by atoms with Crippen LogP contribution < -0.4 is 0 Å². The molecule has 0 amide bonds. The van der Waals surface area contributed by atoms with Crippen molar-refractivity contribution < 1.29 is 9.90 Å². The third-order valence-corrected chi connectivity index (χ3v) is 2.14. The second kappa shape index (κ2) is 4.04. The van der Waals surface area contributed by atoms with Crippen molar-refractivity contribution in [2.24, 2.45) is 0 Å². The van der Waals surface area contributed by atoms with E-state index in [1.165, 1.54) is 0 Å². The monoisotopic (exact) mass is 210 g/mol. The molecule has 1 aromatic heterocycles. The van der Waals surface area contributed by atoms with Crippen LogP contribution in [0, 0.1) is 0 Å². The lowest BCUT2D eigenvalue weighted by molar-refractivity contribution is 0.0688. The van der Waals surface area contributed by atoms with E-state index in [1.807, 2.05) is 20.8 Å². The van der Waals surface area contributed by atoms with E-state index in [0.29, 0.717) is 0 Å². The van der Waals surface area contributed by atoms with E-state index in [1.54, 1.807) is 10.7 Å². The molecule has 0 unspecified atom stereocenters. The molecule has 0 spiro atoms. The summed E-state index contributed by atoms with van der Waals surface area (Å²) in [4.78, 5) is 10.8. The Bertz CT molecular complexity index is 361. The maximum Gasteiger partial charge on any atom is 0.356 e. The molecular formula is C11H18N2O2. The van der Waals surface area contributed by atoms with Crippen LogP contribution in [-0.4, -0.2) is 20.9 Å². The average molecular weight is 210 g/mol. The molecule has 0 atom stereocenters. The number of carboxylic acid groups (broad SMARTS) is 1. The molecule has 0 saturated heterocycles. The fourth-order valence-corrected chi connectivity index (χ4v) is 1.54. The maximum absolute atomic E-state index is 10.8. The molecule has 0 aliphatic rings. The fourth-order valence-electron chi connectivity index (χ4n) is 1.54. The van der Waals surface area contributed by atoms with Crippen LogP contribution in [-0.2, 0) is 12.0 Å². The first-order chi connectivity index (χ1) is 6.86. The van der Waals surface area contributed by atoms with Crippen molar-refractivity contribution in [3.8, 4) is 0 Å². The standard InChI is InChI=1S/C11H18N2O2/c1-5-6-8-7-9(10(14)15)12-13(8)11(2,3)4/h7H,5-6H2,1-4H3,(H,14,15). The van der Waals surface area contributed by atoms with Crippen molar-refractivity contribution in [2.75, 3.05) is 0 Å². The number of hydrogen-bond acceptors (Lipinski definition) is 2. The van der Waals surface area contributed by atoms with E-state index >= 15 is 0 Å². The van der Waals surface area contributed by atoms with Gasteiger partial charge in [-0.2, -0.15) is 5.10 Å². The summed E-state index contributed by atoms with van der Waals surface area (Å²) in [6.07, 6.45) is 1.85. The number of hydrogen-bond donors (Lipinski definition) is 1. The first kappa shape index (κ1) is 11.8. The van der Waals surface area contributed by atoms with Crippen LogP contribution in [0.15, 0.2) is 6.07 Å². The quantitative estimate of drug-likeness (QED) is 0.832. The van der Waals surface area contributed by atoms with E-state index in [4.69, 9.17) is 5.11 Å². The van der Waals surface area contributed by atoms with Crippen LogP contribution in [0.1, 0.15) is 50.3 Å². The number of aryl methyl sites for hydroxylation is 1. The van der Waals surface area contributed by atoms with Crippen LogP contribution in [0.5, 0.6) is 0 Å². The normalized spacial score (nSPS) is 11.7. The zero-order valence-corrected chi connectivity index (χ0v) is 9.74. The molecule has 4 nitrogen and oxygen atoms in total. The Hall–Kier alpha value is -1.32. The molecule has 0 aliphatic carbocycles. The number of carboxylic acids is 1. The van der Waals surface area contributed by atoms with E-state index in [9.17, 15) is 4.79 Å². The average Bonchev–Trinajstić information content (AvgIpc) is 2.48. The molecule has 0 aliphatic heterocycles. The molecule has 1 heterocycles. The van der Waals surface area contributed by atoms with Gasteiger partial charge in [0.25, 0.3) is 0 Å². The van der Waals surface area contributed by atoms with Gasteiger partial charge in [-0.3, -0.25) is 4.68 Å². The predicted molar refractivity (Wildman–Crippen MR) is 58.2 cm³/mol. The van der Waals surface area contributed by atoms with E-state index in [0.717, 1.165) is 18.5 Å². The molecule has 84 valence electrons. The summed E-state index contributed by atoms with van der Waals surface area (Å²) < 4.78 is 1.81. The molecule has 15 heavy (non-hydrogen) atoms. The number of rotatable bonds is 3. The van der Waals surface area contributed by atoms with Crippen LogP contribution in [0.2, 0.25) is 0 Å². The molecule has 0 radical (unpaired) electrons. The third-order valence-electron chi connectivity index (χ3n) is 2.14. The first-order valence-corrected chi connectivity index (χ1v) is 5.19. The minimum absolute atomic E-state index is 0.133. The zero-order valence-electron chi connectivity index (χ0n) is 9.74. The van der Waals surface area contributed by atoms with Crippen molar-refractivity contribution in [1.29, 1.82) is 0 Å². The highest BCUT2D eigenvalue weighted by atomic mass is 16.4. The Kier molecular flexibility index (Phi) is 3.17. The minimum Gasteiger partial charge on any atom is -0.476 e. The Morgan fingerprint density at radius 1 is 1.53 bits per heavy atom. The first-order valence-electron chi connectivity index (χ1n) is 5.19. The Labute approximate surface area is 89.9 Å². The topological polar surface area (TPSA) is 55.1 Å². The molecule has 0 bridgehead atoms. The highest BCUT2D eigenvalue weighted by Gasteiger charge is 2.21. The number of aromatic carboxylic acids is 1. The molecule has 0 aromatic carbocycles. The van der Waals surface area contributed by atoms with Crippen LogP contribution >= 0.6 is 0 Å². The molecule has 1 aromatic rings. The van der Waals surface area contributed by atoms with Gasteiger partial charge < -0.3 is 5.11 Å². The van der Waals surface area contributed by atoms with Gasteiger partial charge in [0.15, 0.2) is 5.69 Å². The van der Waals surface area contributed by atoms with Crippen LogP contribution in [0.25, 0.3) is 0 Å². The molecule has 0 saturated carbocycles. The predicted octanol–water partition coefficient (Wildman–Crippen LogP) is 2.29. The lowest BCUT2D eigenvalue weighted by Crippen LogP contribution is -2.25. The smallest absolute Gasteiger partial charge is 0.356 e. The lowest BCUT2D eigenvalue weighted by atomic mass is 10.1. The van der Waals surface area contributed by atoms with E-state index < -0.39 is 5.97 Å². The highest BCUT2D eigenvalue weighted by Crippen LogP contribution is 2.18. The second-order valence-corrected chi connectivity index (χ2v) is 4.66. The molecule has 4 heteroatoms. The summed E-state index contributed by atoms with van der Waals surface area (Å²) >= 11 is 0. The Balaban J connectivity index is 3.17. The SMILES string of the molecule is CCCc1cc(C(=O)O)nn1C(C)(C)C. The highest BCUT2D eigenvalue weighted by molar-refractivity contribution is 5.85. The van der Waals surface area contributed by atoms with Crippen molar-refractivity contribution in [2.45, 2.75) is 46.1 Å². The van der Waals surface area contributed by atoms with E-state index in [-0.39, 0.29) is 11.2 Å². The van der Waals surface area contributed by atoms with Crippen molar-refractivity contribution in [1.82, 2.24) is 9.78 Å². The summed E-state index contributed by atoms with van der Waals surface area (Å²) in [5.74, 6) is -0.963.